The summed E-state index contributed by atoms with van der Waals surface area (Å²) >= 11 is 0. The van der Waals surface area contributed by atoms with Gasteiger partial charge in [-0.1, -0.05) is 0 Å². The molecule has 0 aliphatic carbocycles. The Morgan fingerprint density at radius 1 is 1.20 bits per heavy atom. The summed E-state index contributed by atoms with van der Waals surface area (Å²) in [5.74, 6) is 0.0327. The fourth-order valence-electron chi connectivity index (χ4n) is 4.88. The van der Waals surface area contributed by atoms with Crippen molar-refractivity contribution in [1.82, 2.24) is 29.9 Å². The van der Waals surface area contributed by atoms with Crippen LogP contribution in [0, 0.1) is 11.3 Å². The molecule has 4 aromatic rings. The molecule has 13 heteroatoms. The van der Waals surface area contributed by atoms with Crippen LogP contribution in [0.1, 0.15) is 36.2 Å². The number of rotatable bonds is 8. The third kappa shape index (κ3) is 5.39. The Kier molecular flexibility index (Phi) is 6.72. The summed E-state index contributed by atoms with van der Waals surface area (Å²) in [6, 6.07) is 9.10. The number of aromatic nitrogens is 5. The van der Waals surface area contributed by atoms with E-state index in [0.29, 0.717) is 39.8 Å². The molecule has 0 radical (unpaired) electrons. The predicted octanol–water partition coefficient (Wildman–Crippen LogP) is 2.62. The van der Waals surface area contributed by atoms with Crippen LogP contribution in [0.5, 0.6) is 0 Å². The quantitative estimate of drug-likeness (QED) is 0.295. The Bertz CT molecular complexity index is 1630. The van der Waals surface area contributed by atoms with Gasteiger partial charge in [-0.3, -0.25) is 9.78 Å². The number of nitrogens with one attached hydrogen (secondary N) is 2. The van der Waals surface area contributed by atoms with Gasteiger partial charge in [0.05, 0.1) is 82.4 Å². The number of piperidine rings is 1. The minimum Gasteiger partial charge on any atom is -0.387 e. The van der Waals surface area contributed by atoms with E-state index in [1.807, 2.05) is 12.1 Å². The van der Waals surface area contributed by atoms with E-state index in [2.05, 4.69) is 41.7 Å². The molecule has 0 saturated carbocycles. The van der Waals surface area contributed by atoms with Crippen LogP contribution in [0.4, 0.5) is 21.7 Å². The molecule has 3 aliphatic heterocycles. The molecular formula is C28H28FN9O3. The molecule has 0 aromatic carbocycles. The number of ether oxygens (including phenoxy) is 1. The smallest absolute Gasteiger partial charge is 0.255 e. The number of hydrogen-bond acceptors (Lipinski definition) is 10. The predicted molar refractivity (Wildman–Crippen MR) is 147 cm³/mol. The van der Waals surface area contributed by atoms with E-state index in [1.54, 1.807) is 29.0 Å². The van der Waals surface area contributed by atoms with Gasteiger partial charge in [0, 0.05) is 25.7 Å². The third-order valence-corrected chi connectivity index (χ3v) is 7.21. The molecule has 0 spiro atoms. The Morgan fingerprint density at radius 2 is 1.93 bits per heavy atom. The zero-order chi connectivity index (χ0) is 28.7. The average Bonchev–Trinajstić information content (AvgIpc) is 3.38. The number of carbonyl (C=O) groups excluding carboxylic acids is 1. The van der Waals surface area contributed by atoms with Gasteiger partial charge in [0.2, 0.25) is 5.95 Å². The van der Waals surface area contributed by atoms with Crippen LogP contribution in [0.3, 0.4) is 0 Å². The molecule has 3 fully saturated rings. The minimum absolute atomic E-state index is 0.162. The highest BCUT2D eigenvalue weighted by molar-refractivity contribution is 6.00. The summed E-state index contributed by atoms with van der Waals surface area (Å²) in [6.07, 6.45) is 5.96. The second-order valence-corrected chi connectivity index (χ2v) is 10.8. The number of aliphatic hydroxyl groups is 1. The average molecular weight is 558 g/mol. The molecule has 4 aromatic heterocycles. The number of carbonyl (C=O) groups is 1. The zero-order valence-corrected chi connectivity index (χ0v) is 22.5. The van der Waals surface area contributed by atoms with Gasteiger partial charge in [-0.05, 0) is 38.1 Å². The second kappa shape index (κ2) is 10.4. The lowest BCUT2D eigenvalue weighted by Crippen LogP contribution is -2.57. The summed E-state index contributed by atoms with van der Waals surface area (Å²) in [5.41, 5.74) is 1.77. The van der Waals surface area contributed by atoms with Crippen molar-refractivity contribution in [3.8, 4) is 17.5 Å². The number of nitrogens with zero attached hydrogens (tertiary/aromatic N) is 7. The van der Waals surface area contributed by atoms with Crippen LogP contribution in [0.15, 0.2) is 49.1 Å². The molecule has 210 valence electrons. The van der Waals surface area contributed by atoms with Crippen molar-refractivity contribution in [1.29, 1.82) is 5.26 Å². The first kappa shape index (κ1) is 26.5. The molecule has 3 N–H and O–H groups in total. The van der Waals surface area contributed by atoms with Crippen molar-refractivity contribution in [3.63, 3.8) is 0 Å². The summed E-state index contributed by atoms with van der Waals surface area (Å²) in [5, 5.41) is 29.2. The SMILES string of the molecule is CC(C)(O)[C@H](F)CNC(=O)c1cnc(-c2ccc3cc(C#N)cnn23)cc1Nc1cnc(N2CC3CC(C2)O3)nc1. The van der Waals surface area contributed by atoms with Crippen molar-refractivity contribution in [2.24, 2.45) is 0 Å². The number of pyridine rings is 1. The van der Waals surface area contributed by atoms with Gasteiger partial charge in [-0.15, -0.1) is 0 Å². The highest BCUT2D eigenvalue weighted by Gasteiger charge is 2.39. The van der Waals surface area contributed by atoms with Crippen molar-refractivity contribution >= 4 is 28.7 Å². The number of amides is 1. The number of nitriles is 1. The lowest BCUT2D eigenvalue weighted by atomic mass is 9.99. The van der Waals surface area contributed by atoms with Gasteiger partial charge in [0.25, 0.3) is 5.91 Å². The number of fused-ring (bicyclic) bond motifs is 3. The number of hydrogen-bond donors (Lipinski definition) is 3. The van der Waals surface area contributed by atoms with Crippen molar-refractivity contribution in [3.05, 3.63) is 60.2 Å². The monoisotopic (exact) mass is 557 g/mol. The number of halogens is 1. The van der Waals surface area contributed by atoms with E-state index in [1.165, 1.54) is 26.2 Å². The molecule has 12 nitrogen and oxygen atoms in total. The molecular weight excluding hydrogens is 529 g/mol. The fraction of sp³-hybridized carbons (Fsp3) is 0.357. The van der Waals surface area contributed by atoms with Crippen LogP contribution in [-0.4, -0.2) is 79.2 Å². The molecule has 7 heterocycles. The maximum Gasteiger partial charge on any atom is 0.255 e. The molecule has 2 bridgehead atoms. The summed E-state index contributed by atoms with van der Waals surface area (Å²) in [7, 11) is 0. The van der Waals surface area contributed by atoms with Crippen LogP contribution < -0.4 is 15.5 Å². The lowest BCUT2D eigenvalue weighted by Gasteiger charge is -2.46. The van der Waals surface area contributed by atoms with E-state index in [0.717, 1.165) is 19.5 Å². The Hall–Kier alpha value is -4.67. The first-order valence-electron chi connectivity index (χ1n) is 13.2. The van der Waals surface area contributed by atoms with Crippen LogP contribution in [-0.2, 0) is 4.74 Å². The summed E-state index contributed by atoms with van der Waals surface area (Å²) in [6.45, 7) is 3.79. The molecule has 3 aliphatic rings. The molecule has 2 unspecified atom stereocenters. The molecule has 3 atom stereocenters. The Morgan fingerprint density at radius 3 is 2.61 bits per heavy atom. The maximum absolute atomic E-state index is 14.3. The normalized spacial score (nSPS) is 18.9. The van der Waals surface area contributed by atoms with Crippen molar-refractivity contribution in [2.45, 2.75) is 44.2 Å². The van der Waals surface area contributed by atoms with E-state index in [9.17, 15) is 19.6 Å². The molecule has 41 heavy (non-hydrogen) atoms. The molecule has 3 saturated heterocycles. The highest BCUT2D eigenvalue weighted by atomic mass is 19.1. The van der Waals surface area contributed by atoms with Crippen LogP contribution in [0.2, 0.25) is 0 Å². The zero-order valence-electron chi connectivity index (χ0n) is 22.5. The molecule has 1 amide bonds. The number of morpholine rings is 1. The lowest BCUT2D eigenvalue weighted by molar-refractivity contribution is -0.133. The van der Waals surface area contributed by atoms with Crippen molar-refractivity contribution in [2.75, 3.05) is 29.9 Å². The van der Waals surface area contributed by atoms with E-state index in [4.69, 9.17) is 4.74 Å². The van der Waals surface area contributed by atoms with Crippen molar-refractivity contribution < 1.29 is 19.0 Å². The van der Waals surface area contributed by atoms with E-state index >= 15 is 0 Å². The van der Waals surface area contributed by atoms with Crippen LogP contribution in [0.25, 0.3) is 16.9 Å². The summed E-state index contributed by atoms with van der Waals surface area (Å²) in [4.78, 5) is 28.7. The maximum atomic E-state index is 14.3. The Labute approximate surface area is 234 Å². The Balaban J connectivity index is 1.29. The van der Waals surface area contributed by atoms with Gasteiger partial charge in [-0.2, -0.15) is 10.4 Å². The topological polar surface area (TPSA) is 154 Å². The second-order valence-electron chi connectivity index (χ2n) is 10.8. The highest BCUT2D eigenvalue weighted by Crippen LogP contribution is 2.31. The van der Waals surface area contributed by atoms with Crippen LogP contribution >= 0.6 is 0 Å². The van der Waals surface area contributed by atoms with Gasteiger partial charge in [-0.25, -0.2) is 18.9 Å². The largest absolute Gasteiger partial charge is 0.387 e. The van der Waals surface area contributed by atoms with Gasteiger partial charge >= 0.3 is 0 Å². The number of alkyl halides is 1. The third-order valence-electron chi connectivity index (χ3n) is 7.21. The number of anilines is 3. The fourth-order valence-corrected chi connectivity index (χ4v) is 4.88. The molecule has 7 rings (SSSR count). The summed E-state index contributed by atoms with van der Waals surface area (Å²) < 4.78 is 21.7. The van der Waals surface area contributed by atoms with Gasteiger partial charge < -0.3 is 25.4 Å². The first-order valence-corrected chi connectivity index (χ1v) is 13.2. The van der Waals surface area contributed by atoms with Gasteiger partial charge in [0.1, 0.15) is 12.2 Å². The van der Waals surface area contributed by atoms with Gasteiger partial charge in [0.15, 0.2) is 0 Å². The standard InChI is InChI=1S/C28H28FN9O3/c1-28(2,40)25(29)13-32-26(39)21-12-31-23(24-4-3-18-5-16(8-30)9-35-38(18)24)7-22(21)36-17-10-33-27(34-11-17)37-14-19-6-20(15-37)41-19/h3-5,7,9-12,19-20,25,40H,6,13-15H2,1-2H3,(H,31,36)(H,32,39)/t19?,20?,25-/m1/s1. The van der Waals surface area contributed by atoms with E-state index < -0.39 is 17.7 Å². The van der Waals surface area contributed by atoms with E-state index in [-0.39, 0.29) is 24.3 Å². The minimum atomic E-state index is -1.67. The first-order chi connectivity index (χ1) is 19.7.